The summed E-state index contributed by atoms with van der Waals surface area (Å²) < 4.78 is 23.2. The van der Waals surface area contributed by atoms with Crippen molar-refractivity contribution in [3.63, 3.8) is 0 Å². The Hall–Kier alpha value is -1.49. The molecule has 0 saturated carbocycles. The number of carbonyl (C=O) groups excluding carboxylic acids is 1. The number of hydrogen-bond donors (Lipinski definition) is 0. The number of ether oxygens (including phenoxy) is 3. The molecule has 0 unspecified atom stereocenters. The summed E-state index contributed by atoms with van der Waals surface area (Å²) in [5, 5.41) is -0.0199. The molecule has 0 spiro atoms. The van der Waals surface area contributed by atoms with Gasteiger partial charge in [-0.3, -0.25) is 0 Å². The standard InChI is InChI=1S/C25H40O5Si/c1-8-9-15-22(29-20-27-5)16-17-23(30-31(6,7)25(2,3)4)24(18-26)28-19-21-13-11-10-12-14-21/h10-14,18,22-24H,8-9,15,19-20H2,1-7H3/t22-,23-,24-/m0/s1. The summed E-state index contributed by atoms with van der Waals surface area (Å²) in [6.07, 6.45) is 1.94. The molecule has 0 fully saturated rings. The van der Waals surface area contributed by atoms with Gasteiger partial charge >= 0.3 is 0 Å². The van der Waals surface area contributed by atoms with Crippen LogP contribution in [0.25, 0.3) is 0 Å². The molecular formula is C25H40O5Si. The zero-order valence-electron chi connectivity index (χ0n) is 20.3. The monoisotopic (exact) mass is 448 g/mol. The highest BCUT2D eigenvalue weighted by Crippen LogP contribution is 2.37. The lowest BCUT2D eigenvalue weighted by atomic mass is 10.1. The predicted octanol–water partition coefficient (Wildman–Crippen LogP) is 5.34. The van der Waals surface area contributed by atoms with Crippen LogP contribution >= 0.6 is 0 Å². The van der Waals surface area contributed by atoms with E-state index >= 15 is 0 Å². The minimum absolute atomic E-state index is 0.0199. The topological polar surface area (TPSA) is 54.0 Å². The molecule has 0 heterocycles. The molecule has 0 bridgehead atoms. The number of benzene rings is 1. The van der Waals surface area contributed by atoms with Crippen LogP contribution in [0.3, 0.4) is 0 Å². The Bertz CT molecular complexity index is 679. The van der Waals surface area contributed by atoms with Gasteiger partial charge in [-0.1, -0.05) is 82.7 Å². The van der Waals surface area contributed by atoms with Gasteiger partial charge in [-0.25, -0.2) is 0 Å². The lowest BCUT2D eigenvalue weighted by molar-refractivity contribution is -0.123. The Morgan fingerprint density at radius 1 is 1.10 bits per heavy atom. The fourth-order valence-corrected chi connectivity index (χ4v) is 3.73. The molecule has 174 valence electrons. The van der Waals surface area contributed by atoms with Gasteiger partial charge in [-0.05, 0) is 30.1 Å². The summed E-state index contributed by atoms with van der Waals surface area (Å²) in [7, 11) is -0.594. The van der Waals surface area contributed by atoms with E-state index in [0.29, 0.717) is 6.61 Å². The van der Waals surface area contributed by atoms with E-state index in [1.54, 1.807) is 7.11 Å². The van der Waals surface area contributed by atoms with Crippen molar-refractivity contribution >= 4 is 14.6 Å². The number of rotatable bonds is 13. The number of hydrogen-bond acceptors (Lipinski definition) is 5. The molecule has 5 nitrogen and oxygen atoms in total. The summed E-state index contributed by atoms with van der Waals surface area (Å²) >= 11 is 0. The lowest BCUT2D eigenvalue weighted by Gasteiger charge is -2.39. The zero-order chi connectivity index (χ0) is 23.3. The van der Waals surface area contributed by atoms with Gasteiger partial charge in [0.15, 0.2) is 14.6 Å². The number of methoxy groups -OCH3 is 1. The minimum Gasteiger partial charge on any atom is -0.401 e. The van der Waals surface area contributed by atoms with E-state index < -0.39 is 20.5 Å². The van der Waals surface area contributed by atoms with Crippen LogP contribution in [0, 0.1) is 11.8 Å². The van der Waals surface area contributed by atoms with E-state index in [1.165, 1.54) is 0 Å². The Balaban J connectivity index is 3.09. The molecule has 0 amide bonds. The van der Waals surface area contributed by atoms with E-state index in [-0.39, 0.29) is 17.9 Å². The zero-order valence-corrected chi connectivity index (χ0v) is 21.3. The summed E-state index contributed by atoms with van der Waals surface area (Å²) in [6, 6.07) is 9.78. The Morgan fingerprint density at radius 2 is 1.77 bits per heavy atom. The van der Waals surface area contributed by atoms with Crippen LogP contribution in [-0.4, -0.2) is 46.8 Å². The van der Waals surface area contributed by atoms with Crippen molar-refractivity contribution in [2.24, 2.45) is 0 Å². The Kier molecular flexibility index (Phi) is 12.3. The summed E-state index contributed by atoms with van der Waals surface area (Å²) in [6.45, 7) is 13.4. The number of unbranched alkanes of at least 4 members (excludes halogenated alkanes) is 1. The summed E-state index contributed by atoms with van der Waals surface area (Å²) in [4.78, 5) is 12.0. The normalized spacial score (nSPS) is 14.9. The third-order valence-corrected chi connectivity index (χ3v) is 9.99. The molecular weight excluding hydrogens is 408 g/mol. The van der Waals surface area contributed by atoms with E-state index in [0.717, 1.165) is 31.1 Å². The molecule has 0 radical (unpaired) electrons. The average Bonchev–Trinajstić information content (AvgIpc) is 2.73. The first-order valence-electron chi connectivity index (χ1n) is 11.0. The van der Waals surface area contributed by atoms with Crippen LogP contribution in [0.5, 0.6) is 0 Å². The summed E-state index contributed by atoms with van der Waals surface area (Å²) in [5.41, 5.74) is 0.998. The van der Waals surface area contributed by atoms with Crippen molar-refractivity contribution in [1.82, 2.24) is 0 Å². The van der Waals surface area contributed by atoms with Crippen LogP contribution in [0.1, 0.15) is 52.5 Å². The van der Waals surface area contributed by atoms with Gasteiger partial charge in [-0.2, -0.15) is 0 Å². The Labute approximate surface area is 189 Å². The maximum Gasteiger partial charge on any atom is 0.193 e. The van der Waals surface area contributed by atoms with Crippen molar-refractivity contribution < 1.29 is 23.4 Å². The highest BCUT2D eigenvalue weighted by atomic mass is 28.4. The van der Waals surface area contributed by atoms with Crippen LogP contribution < -0.4 is 0 Å². The van der Waals surface area contributed by atoms with Crippen LogP contribution in [0.15, 0.2) is 30.3 Å². The first-order chi connectivity index (χ1) is 14.6. The maximum absolute atomic E-state index is 12.0. The quantitative estimate of drug-likeness (QED) is 0.176. The van der Waals surface area contributed by atoms with Crippen molar-refractivity contribution in [3.8, 4) is 11.8 Å². The molecule has 0 saturated heterocycles. The second-order valence-electron chi connectivity index (χ2n) is 9.19. The van der Waals surface area contributed by atoms with Gasteiger partial charge in [0.05, 0.1) is 6.61 Å². The van der Waals surface area contributed by atoms with Gasteiger partial charge in [0, 0.05) is 7.11 Å². The maximum atomic E-state index is 12.0. The SMILES string of the molecule is CCCC[C@@H](C#C[C@H](O[Si](C)(C)C(C)(C)C)[C@H](C=O)OCc1ccccc1)OCOC. The van der Waals surface area contributed by atoms with Crippen molar-refractivity contribution in [3.05, 3.63) is 35.9 Å². The fraction of sp³-hybridized carbons (Fsp3) is 0.640. The van der Waals surface area contributed by atoms with Gasteiger partial charge in [0.25, 0.3) is 0 Å². The second-order valence-corrected chi connectivity index (χ2v) is 13.9. The highest BCUT2D eigenvalue weighted by Gasteiger charge is 2.40. The van der Waals surface area contributed by atoms with Crippen molar-refractivity contribution in [1.29, 1.82) is 0 Å². The molecule has 3 atom stereocenters. The van der Waals surface area contributed by atoms with Crippen LogP contribution in [-0.2, 0) is 30.0 Å². The van der Waals surface area contributed by atoms with E-state index in [4.69, 9.17) is 18.6 Å². The fourth-order valence-electron chi connectivity index (χ4n) is 2.55. The molecule has 6 heteroatoms. The van der Waals surface area contributed by atoms with E-state index in [9.17, 15) is 4.79 Å². The van der Waals surface area contributed by atoms with Gasteiger partial charge in [0.2, 0.25) is 0 Å². The minimum atomic E-state index is -2.19. The largest absolute Gasteiger partial charge is 0.401 e. The molecule has 0 aliphatic carbocycles. The molecule has 31 heavy (non-hydrogen) atoms. The predicted molar refractivity (Wildman–Crippen MR) is 127 cm³/mol. The highest BCUT2D eigenvalue weighted by molar-refractivity contribution is 6.74. The molecule has 0 aliphatic rings. The molecule has 0 aliphatic heterocycles. The molecule has 1 rings (SSSR count). The van der Waals surface area contributed by atoms with Crippen LogP contribution in [0.4, 0.5) is 0 Å². The van der Waals surface area contributed by atoms with Crippen LogP contribution in [0.2, 0.25) is 18.1 Å². The first-order valence-corrected chi connectivity index (χ1v) is 14.0. The first kappa shape index (κ1) is 27.5. The van der Waals surface area contributed by atoms with Crippen molar-refractivity contribution in [2.75, 3.05) is 13.9 Å². The van der Waals surface area contributed by atoms with E-state index in [2.05, 4.69) is 52.6 Å². The second kappa shape index (κ2) is 13.8. The average molecular weight is 449 g/mol. The van der Waals surface area contributed by atoms with Gasteiger partial charge in [0.1, 0.15) is 25.1 Å². The molecule has 0 N–H and O–H groups in total. The number of carbonyl (C=O) groups is 1. The molecule has 1 aromatic rings. The number of aldehydes is 1. The molecule has 1 aromatic carbocycles. The Morgan fingerprint density at radius 3 is 2.32 bits per heavy atom. The third kappa shape index (κ3) is 10.1. The van der Waals surface area contributed by atoms with Crippen molar-refractivity contribution in [2.45, 2.75) is 90.0 Å². The molecule has 0 aromatic heterocycles. The van der Waals surface area contributed by atoms with Gasteiger partial charge in [-0.15, -0.1) is 0 Å². The third-order valence-electron chi connectivity index (χ3n) is 5.54. The summed E-state index contributed by atoms with van der Waals surface area (Å²) in [5.74, 6) is 6.36. The lowest BCUT2D eigenvalue weighted by Crippen LogP contribution is -2.47. The van der Waals surface area contributed by atoms with Gasteiger partial charge < -0.3 is 23.4 Å². The smallest absolute Gasteiger partial charge is 0.193 e. The van der Waals surface area contributed by atoms with E-state index in [1.807, 2.05) is 30.3 Å².